The molecule has 0 aliphatic rings. The largest absolute Gasteiger partial charge is 0.494 e. The molecule has 0 radical (unpaired) electrons. The number of ether oxygens (including phenoxy) is 2. The Hall–Kier alpha value is -9.77. The van der Waals surface area contributed by atoms with Crippen molar-refractivity contribution in [1.29, 1.82) is 0 Å². The molecule has 466 valence electrons. The Kier molecular flexibility index (Phi) is 20.8. The van der Waals surface area contributed by atoms with Crippen LogP contribution in [0, 0.1) is 30.2 Å². The summed E-state index contributed by atoms with van der Waals surface area (Å²) in [6.45, 7) is -0.0153. The number of carbonyl (C=O) groups excluding carboxylic acids is 1. The van der Waals surface area contributed by atoms with E-state index in [2.05, 4.69) is 31.1 Å². The van der Waals surface area contributed by atoms with Gasteiger partial charge in [0.2, 0.25) is 5.88 Å². The Balaban J connectivity index is 0.000000230. The van der Waals surface area contributed by atoms with Crippen molar-refractivity contribution in [2.75, 3.05) is 47.3 Å². The summed E-state index contributed by atoms with van der Waals surface area (Å²) < 4.78 is 116. The predicted molar refractivity (Wildman–Crippen MR) is 317 cm³/mol. The van der Waals surface area contributed by atoms with Crippen LogP contribution in [0.3, 0.4) is 0 Å². The number of fused-ring (bicyclic) bond motifs is 1. The third kappa shape index (κ3) is 14.6. The second kappa shape index (κ2) is 28.4. The number of hydroxylamine groups is 1. The van der Waals surface area contributed by atoms with E-state index in [-0.39, 0.29) is 76.0 Å². The van der Waals surface area contributed by atoms with Gasteiger partial charge in [0.1, 0.15) is 22.3 Å². The van der Waals surface area contributed by atoms with Gasteiger partial charge in [0.15, 0.2) is 17.4 Å². The highest BCUT2D eigenvalue weighted by Gasteiger charge is 2.36. The lowest BCUT2D eigenvalue weighted by molar-refractivity contribution is -0.138. The number of amides is 2. The topological polar surface area (TPSA) is 235 Å². The number of rotatable bonds is 21. The van der Waals surface area contributed by atoms with Crippen LogP contribution in [0.25, 0.3) is 37.6 Å². The number of nitrogens with zero attached hydrogens (tertiary/aromatic N) is 7. The van der Waals surface area contributed by atoms with Gasteiger partial charge in [-0.3, -0.25) is 32.9 Å². The van der Waals surface area contributed by atoms with Crippen molar-refractivity contribution in [3.8, 4) is 39.0 Å². The van der Waals surface area contributed by atoms with Crippen molar-refractivity contribution in [3.63, 3.8) is 0 Å². The molecular formula is C61H57F7N10O10S. The number of urea groups is 1. The van der Waals surface area contributed by atoms with Gasteiger partial charge in [0.25, 0.3) is 11.1 Å². The van der Waals surface area contributed by atoms with Gasteiger partial charge in [-0.05, 0) is 99.2 Å². The van der Waals surface area contributed by atoms with Gasteiger partial charge in [-0.25, -0.2) is 42.0 Å². The highest BCUT2D eigenvalue weighted by molar-refractivity contribution is 7.22. The molecule has 0 aliphatic carbocycles. The first kappa shape index (κ1) is 65.2. The average molecular weight is 1260 g/mol. The minimum atomic E-state index is -4.95. The fraction of sp³-hybridized carbons (Fsp3) is 0.246. The first-order chi connectivity index (χ1) is 42.5. The number of aromatic nitrogens is 6. The zero-order valence-corrected chi connectivity index (χ0v) is 49.2. The average Bonchev–Trinajstić information content (AvgIpc) is 1.77. The number of hydrogen-bond acceptors (Lipinski definition) is 14. The third-order valence-electron chi connectivity index (χ3n) is 14.0. The minimum absolute atomic E-state index is 0.0845. The number of carboxylic acids is 1. The number of methoxy groups -OCH3 is 2. The number of hydrogen-bond donors (Lipinski definition) is 4. The van der Waals surface area contributed by atoms with E-state index in [9.17, 15) is 55.1 Å². The molecule has 4 heterocycles. The Morgan fingerprint density at radius 2 is 1.37 bits per heavy atom. The third-order valence-corrected chi connectivity index (χ3v) is 15.3. The normalized spacial score (nSPS) is 11.8. The first-order valence-corrected chi connectivity index (χ1v) is 27.8. The van der Waals surface area contributed by atoms with Crippen molar-refractivity contribution in [2.24, 2.45) is 0 Å². The zero-order chi connectivity index (χ0) is 64.4. The summed E-state index contributed by atoms with van der Waals surface area (Å²) in [6.07, 6.45) is -4.88. The summed E-state index contributed by atoms with van der Waals surface area (Å²) in [5.41, 5.74) is -2.20. The lowest BCUT2D eigenvalue weighted by Gasteiger charge is -2.23. The number of aliphatic carboxylic acids is 1. The number of carboxylic acid groups (broad SMARTS) is 1. The van der Waals surface area contributed by atoms with E-state index in [0.29, 0.717) is 39.9 Å². The Morgan fingerprint density at radius 3 is 1.98 bits per heavy atom. The molecule has 28 heteroatoms. The highest BCUT2D eigenvalue weighted by atomic mass is 32.1. The van der Waals surface area contributed by atoms with Crippen molar-refractivity contribution in [1.82, 2.24) is 44.2 Å². The minimum Gasteiger partial charge on any atom is -0.494 e. The molecule has 5 aromatic carbocycles. The molecule has 0 spiro atoms. The maximum Gasteiger partial charge on any atom is 0.416 e. The number of anilines is 1. The van der Waals surface area contributed by atoms with Crippen molar-refractivity contribution in [3.05, 3.63) is 220 Å². The van der Waals surface area contributed by atoms with Crippen LogP contribution in [0.5, 0.6) is 11.6 Å². The Morgan fingerprint density at radius 1 is 0.719 bits per heavy atom. The molecule has 9 aromatic rings. The number of halogens is 7. The smallest absolute Gasteiger partial charge is 0.416 e. The monoisotopic (exact) mass is 1250 g/mol. The summed E-state index contributed by atoms with van der Waals surface area (Å²) in [5, 5.41) is 22.9. The molecule has 9 rings (SSSR count). The van der Waals surface area contributed by atoms with Crippen LogP contribution >= 0.6 is 11.3 Å². The van der Waals surface area contributed by atoms with Gasteiger partial charge >= 0.3 is 29.6 Å². The summed E-state index contributed by atoms with van der Waals surface area (Å²) in [4.78, 5) is 86.4. The number of nitrogens with one attached hydrogen (secondary N) is 3. The van der Waals surface area contributed by atoms with Gasteiger partial charge in [-0.15, -0.1) is 21.5 Å². The number of thiophene rings is 1. The molecule has 4 N–H and O–H groups in total. The van der Waals surface area contributed by atoms with Crippen LogP contribution in [-0.4, -0.2) is 92.4 Å². The van der Waals surface area contributed by atoms with Crippen LogP contribution in [0.15, 0.2) is 141 Å². The van der Waals surface area contributed by atoms with E-state index in [0.717, 1.165) is 49.3 Å². The predicted octanol–water partition coefficient (Wildman–Crippen LogP) is 9.29. The SMILES string of the molecule is CONC(=O)Nc1ccc(-c2sc3c(c2CN(C)C)c(=O)n(-c2ccc(OC)nn2)c(=O)n3Cc2c(F)cccc2F)cc1.COc1cccc(-c2c(C)n(Cc3c(F)cccc3C(F)(F)F)c(=O)n(C[C@H](NCCCC(=O)O)c3ccccc3)c2=O)c1F. The number of benzene rings is 5. The maximum atomic E-state index is 15.6. The highest BCUT2D eigenvalue weighted by Crippen LogP contribution is 2.39. The van der Waals surface area contributed by atoms with Gasteiger partial charge in [-0.1, -0.05) is 66.7 Å². The van der Waals surface area contributed by atoms with Gasteiger partial charge in [-0.2, -0.15) is 13.2 Å². The molecule has 0 saturated carbocycles. The van der Waals surface area contributed by atoms with E-state index >= 15 is 4.39 Å². The molecule has 0 unspecified atom stereocenters. The second-order valence-corrected chi connectivity index (χ2v) is 21.1. The van der Waals surface area contributed by atoms with E-state index in [4.69, 9.17) is 14.6 Å². The molecular weight excluding hydrogens is 1200 g/mol. The first-order valence-electron chi connectivity index (χ1n) is 27.0. The van der Waals surface area contributed by atoms with Gasteiger partial charge in [0, 0.05) is 52.0 Å². The molecule has 0 saturated heterocycles. The van der Waals surface area contributed by atoms with Crippen molar-refractivity contribution in [2.45, 2.75) is 58.2 Å². The van der Waals surface area contributed by atoms with E-state index in [1.54, 1.807) is 54.6 Å². The van der Waals surface area contributed by atoms with E-state index in [1.165, 1.54) is 69.2 Å². The Labute approximate surface area is 505 Å². The molecule has 20 nitrogen and oxygen atoms in total. The molecule has 0 aliphatic heterocycles. The molecule has 4 aromatic heterocycles. The summed E-state index contributed by atoms with van der Waals surface area (Å²) in [7, 11) is 7.58. The fourth-order valence-corrected chi connectivity index (χ4v) is 11.1. The fourth-order valence-electron chi connectivity index (χ4n) is 9.78. The van der Waals surface area contributed by atoms with Gasteiger partial charge in [0.05, 0.1) is 63.5 Å². The Bertz CT molecular complexity index is 4290. The standard InChI is InChI=1S/C32H30F5N3O5.C29H27F2N7O5S/c1-19-28(21-11-6-14-26(45-2)29(21)34)30(43)40(18-25(20-9-4-3-5-10-20)38-16-8-15-27(41)42)31(44)39(19)17-22-23(32(35,36)37)12-7-13-24(22)33;1-36(2)14-19-24-26(39)38(22-12-13-23(42-3)34-33-22)29(41)37(15-18-20(30)6-5-7-21(18)31)27(24)44-25(19)16-8-10-17(11-9-16)32-28(40)35-43-4/h3-7,9-14,25,38H,8,15-18H2,1-2H3,(H,41,42);5-13H,14-15H2,1-4H3,(H2,32,35,40)/t25-;/m0./s1. The van der Waals surface area contributed by atoms with Crippen molar-refractivity contribution >= 4 is 39.2 Å². The lowest BCUT2D eigenvalue weighted by Crippen LogP contribution is -2.45. The molecule has 1 atom stereocenters. The summed E-state index contributed by atoms with van der Waals surface area (Å²) in [6, 6.07) is 26.8. The maximum absolute atomic E-state index is 15.6. The van der Waals surface area contributed by atoms with Crippen LogP contribution in [0.2, 0.25) is 0 Å². The van der Waals surface area contributed by atoms with Crippen LogP contribution in [0.4, 0.5) is 41.2 Å². The quantitative estimate of drug-likeness (QED) is 0.0298. The molecule has 89 heavy (non-hydrogen) atoms. The van der Waals surface area contributed by atoms with Crippen LogP contribution in [0.1, 0.15) is 52.4 Å². The molecule has 2 amide bonds. The van der Waals surface area contributed by atoms with Crippen LogP contribution < -0.4 is 48.1 Å². The molecule has 0 fully saturated rings. The van der Waals surface area contributed by atoms with E-state index in [1.807, 2.05) is 19.0 Å². The number of alkyl halides is 3. The van der Waals surface area contributed by atoms with E-state index < -0.39 is 94.2 Å². The van der Waals surface area contributed by atoms with Crippen LogP contribution in [-0.2, 0) is 42.0 Å². The van der Waals surface area contributed by atoms with Crippen molar-refractivity contribution < 1.29 is 59.7 Å². The molecule has 0 bridgehead atoms. The lowest BCUT2D eigenvalue weighted by atomic mass is 10.0. The number of carbonyl (C=O) groups is 2. The van der Waals surface area contributed by atoms with Gasteiger partial charge < -0.3 is 30.1 Å². The summed E-state index contributed by atoms with van der Waals surface area (Å²) in [5.74, 6) is -4.97. The summed E-state index contributed by atoms with van der Waals surface area (Å²) >= 11 is 1.15. The second-order valence-electron chi connectivity index (χ2n) is 20.1. The zero-order valence-electron chi connectivity index (χ0n) is 48.4.